The summed E-state index contributed by atoms with van der Waals surface area (Å²) in [6, 6.07) is 9.37. The Morgan fingerprint density at radius 1 is 0.815 bits per heavy atom. The van der Waals surface area contributed by atoms with Gasteiger partial charge in [0.1, 0.15) is 0 Å². The van der Waals surface area contributed by atoms with E-state index in [0.717, 1.165) is 4.31 Å². The fraction of sp³-hybridized carbons (Fsp3) is 0.250. The first-order valence-electron chi connectivity index (χ1n) is 7.23. The Bertz CT molecular complexity index is 878. The molecule has 0 bridgehead atoms. The van der Waals surface area contributed by atoms with E-state index in [0.29, 0.717) is 12.1 Å². The van der Waals surface area contributed by atoms with Gasteiger partial charge in [0, 0.05) is 12.6 Å². The van der Waals surface area contributed by atoms with Crippen LogP contribution in [0.4, 0.5) is 32.0 Å². The van der Waals surface area contributed by atoms with E-state index < -0.39 is 38.4 Å². The summed E-state index contributed by atoms with van der Waals surface area (Å²) in [7, 11) is -3.06. The number of halogens is 6. The number of nitrogens with zero attached hydrogens (tertiary/aromatic N) is 1. The van der Waals surface area contributed by atoms with Crippen LogP contribution in [-0.2, 0) is 15.6 Å². The van der Waals surface area contributed by atoms with E-state index in [2.05, 4.69) is 0 Å². The van der Waals surface area contributed by atoms with Gasteiger partial charge < -0.3 is 5.11 Å². The van der Waals surface area contributed by atoms with Crippen molar-refractivity contribution in [3.8, 4) is 0 Å². The molecule has 0 amide bonds. The molecule has 0 unspecified atom stereocenters. The normalized spacial score (nSPS) is 13.5. The van der Waals surface area contributed by atoms with Crippen LogP contribution < -0.4 is 4.31 Å². The molecule has 0 spiro atoms. The summed E-state index contributed by atoms with van der Waals surface area (Å²) in [6.45, 7) is 0. The van der Waals surface area contributed by atoms with E-state index in [-0.39, 0.29) is 17.8 Å². The lowest BCUT2D eigenvalue weighted by molar-refractivity contribution is -0.376. The van der Waals surface area contributed by atoms with Crippen LogP contribution >= 0.6 is 0 Å². The Morgan fingerprint density at radius 2 is 1.26 bits per heavy atom. The molecule has 0 atom stereocenters. The third-order valence-corrected chi connectivity index (χ3v) is 5.67. The van der Waals surface area contributed by atoms with Crippen molar-refractivity contribution in [2.45, 2.75) is 22.8 Å². The molecule has 27 heavy (non-hydrogen) atoms. The number of hydrogen-bond donors (Lipinski definition) is 1. The largest absolute Gasteiger partial charge is 0.430 e. The molecular formula is C16H13F6NO3S. The van der Waals surface area contributed by atoms with Gasteiger partial charge in [-0.2, -0.15) is 26.3 Å². The first-order valence-corrected chi connectivity index (χ1v) is 8.67. The zero-order valence-corrected chi connectivity index (χ0v) is 14.4. The summed E-state index contributed by atoms with van der Waals surface area (Å²) >= 11 is 0. The zero-order chi connectivity index (χ0) is 20.7. The second kappa shape index (κ2) is 6.71. The molecule has 0 aliphatic carbocycles. The van der Waals surface area contributed by atoms with Gasteiger partial charge in [0.25, 0.3) is 15.6 Å². The van der Waals surface area contributed by atoms with Gasteiger partial charge >= 0.3 is 12.4 Å². The van der Waals surface area contributed by atoms with Crippen LogP contribution in [0.25, 0.3) is 0 Å². The van der Waals surface area contributed by atoms with Gasteiger partial charge in [0.05, 0.1) is 10.6 Å². The highest BCUT2D eigenvalue weighted by molar-refractivity contribution is 7.92. The number of aliphatic hydroxyl groups is 1. The van der Waals surface area contributed by atoms with Crippen molar-refractivity contribution in [1.29, 1.82) is 0 Å². The van der Waals surface area contributed by atoms with Crippen LogP contribution in [-0.4, -0.2) is 32.9 Å². The highest BCUT2D eigenvalue weighted by Crippen LogP contribution is 2.50. The average Bonchev–Trinajstić information content (AvgIpc) is 2.59. The van der Waals surface area contributed by atoms with Crippen molar-refractivity contribution in [3.63, 3.8) is 0 Å². The van der Waals surface area contributed by atoms with E-state index in [9.17, 15) is 39.9 Å². The second-order valence-corrected chi connectivity index (χ2v) is 7.51. The van der Waals surface area contributed by atoms with Crippen LogP contribution in [0.15, 0.2) is 59.5 Å². The number of anilines is 1. The third kappa shape index (κ3) is 3.61. The SMILES string of the molecule is CN(c1ccccc1)S(=O)(=O)c1ccc(C(O)(C(F)(F)F)C(F)(F)F)cc1. The van der Waals surface area contributed by atoms with Crippen molar-refractivity contribution in [2.24, 2.45) is 0 Å². The van der Waals surface area contributed by atoms with Crippen molar-refractivity contribution in [1.82, 2.24) is 0 Å². The molecule has 0 saturated carbocycles. The zero-order valence-electron chi connectivity index (χ0n) is 13.6. The monoisotopic (exact) mass is 413 g/mol. The Hall–Kier alpha value is -2.27. The van der Waals surface area contributed by atoms with Crippen LogP contribution in [0.1, 0.15) is 5.56 Å². The van der Waals surface area contributed by atoms with Crippen molar-refractivity contribution >= 4 is 15.7 Å². The first kappa shape index (κ1) is 21.0. The van der Waals surface area contributed by atoms with Gasteiger partial charge in [0.2, 0.25) is 0 Å². The van der Waals surface area contributed by atoms with Gasteiger partial charge in [-0.1, -0.05) is 30.3 Å². The average molecular weight is 413 g/mol. The number of para-hydroxylation sites is 1. The summed E-state index contributed by atoms with van der Waals surface area (Å²) in [5.41, 5.74) is -6.42. The topological polar surface area (TPSA) is 57.6 Å². The molecule has 0 heterocycles. The van der Waals surface area contributed by atoms with Crippen LogP contribution in [0.2, 0.25) is 0 Å². The van der Waals surface area contributed by atoms with Crippen molar-refractivity contribution in [3.05, 3.63) is 60.2 Å². The standard InChI is InChI=1S/C16H13F6NO3S/c1-23(12-5-3-2-4-6-12)27(25,26)13-9-7-11(8-10-13)14(24,15(17,18)19)16(20,21)22/h2-10,24H,1H3. The molecule has 0 fully saturated rings. The Kier molecular flexibility index (Phi) is 5.23. The number of alkyl halides is 6. The number of benzene rings is 2. The molecule has 2 rings (SSSR count). The van der Waals surface area contributed by atoms with Crippen molar-refractivity contribution < 1.29 is 39.9 Å². The maximum atomic E-state index is 12.9. The van der Waals surface area contributed by atoms with Gasteiger partial charge in [-0.05, 0) is 24.3 Å². The van der Waals surface area contributed by atoms with E-state index in [1.807, 2.05) is 0 Å². The molecule has 4 nitrogen and oxygen atoms in total. The minimum atomic E-state index is -6.05. The molecule has 148 valence electrons. The molecule has 2 aromatic carbocycles. The molecule has 0 aliphatic rings. The van der Waals surface area contributed by atoms with E-state index >= 15 is 0 Å². The highest BCUT2D eigenvalue weighted by atomic mass is 32.2. The van der Waals surface area contributed by atoms with Crippen LogP contribution in [0.5, 0.6) is 0 Å². The quantitative estimate of drug-likeness (QED) is 0.776. The van der Waals surface area contributed by atoms with E-state index in [1.54, 1.807) is 18.2 Å². The summed E-state index contributed by atoms with van der Waals surface area (Å²) in [5.74, 6) is 0. The summed E-state index contributed by atoms with van der Waals surface area (Å²) in [6.07, 6.45) is -12.1. The lowest BCUT2D eigenvalue weighted by Crippen LogP contribution is -2.53. The first-order chi connectivity index (χ1) is 12.2. The van der Waals surface area contributed by atoms with Crippen molar-refractivity contribution in [2.75, 3.05) is 11.4 Å². The molecular weight excluding hydrogens is 400 g/mol. The number of sulfonamides is 1. The Balaban J connectivity index is 2.48. The lowest BCUT2D eigenvalue weighted by Gasteiger charge is -2.32. The van der Waals surface area contributed by atoms with Gasteiger partial charge in [-0.3, -0.25) is 4.31 Å². The van der Waals surface area contributed by atoms with E-state index in [4.69, 9.17) is 0 Å². The molecule has 1 N–H and O–H groups in total. The van der Waals surface area contributed by atoms with E-state index in [1.165, 1.54) is 19.2 Å². The molecule has 0 aliphatic heterocycles. The molecule has 2 aromatic rings. The predicted molar refractivity (Wildman–Crippen MR) is 84.5 cm³/mol. The molecule has 0 saturated heterocycles. The number of hydrogen-bond acceptors (Lipinski definition) is 3. The smallest absolute Gasteiger partial charge is 0.369 e. The second-order valence-electron chi connectivity index (χ2n) is 5.54. The molecule has 11 heteroatoms. The van der Waals surface area contributed by atoms with Gasteiger partial charge in [-0.15, -0.1) is 0 Å². The fourth-order valence-corrected chi connectivity index (χ4v) is 3.49. The minimum Gasteiger partial charge on any atom is -0.369 e. The fourth-order valence-electron chi connectivity index (χ4n) is 2.29. The summed E-state index contributed by atoms with van der Waals surface area (Å²) in [4.78, 5) is -0.538. The van der Waals surface area contributed by atoms with Gasteiger partial charge in [-0.25, -0.2) is 8.42 Å². The number of rotatable bonds is 4. The molecule has 0 radical (unpaired) electrons. The highest BCUT2D eigenvalue weighted by Gasteiger charge is 2.71. The summed E-state index contributed by atoms with van der Waals surface area (Å²) < 4.78 is 103. The maximum Gasteiger partial charge on any atom is 0.430 e. The third-order valence-electron chi connectivity index (χ3n) is 3.87. The predicted octanol–water partition coefficient (Wildman–Crippen LogP) is 3.82. The molecule has 0 aromatic heterocycles. The van der Waals surface area contributed by atoms with Gasteiger partial charge in [0.15, 0.2) is 0 Å². The van der Waals surface area contributed by atoms with Crippen LogP contribution in [0, 0.1) is 0 Å². The summed E-state index contributed by atoms with van der Waals surface area (Å²) in [5, 5.41) is 9.33. The van der Waals surface area contributed by atoms with Crippen LogP contribution in [0.3, 0.4) is 0 Å². The maximum absolute atomic E-state index is 12.9. The minimum absolute atomic E-state index is 0.240. The Labute approximate surface area is 150 Å². The lowest BCUT2D eigenvalue weighted by atomic mass is 9.92. The Morgan fingerprint density at radius 3 is 1.67 bits per heavy atom.